The topological polar surface area (TPSA) is 44.2 Å². The summed E-state index contributed by atoms with van der Waals surface area (Å²) >= 11 is 12.2. The van der Waals surface area contributed by atoms with E-state index in [0.29, 0.717) is 38.4 Å². The lowest BCUT2D eigenvalue weighted by Gasteiger charge is -2.10. The fourth-order valence-electron chi connectivity index (χ4n) is 2.15. The summed E-state index contributed by atoms with van der Waals surface area (Å²) in [6, 6.07) is 10.8. The average Bonchev–Trinajstić information content (AvgIpc) is 2.62. The summed E-state index contributed by atoms with van der Waals surface area (Å²) in [5.74, 6) is 1.70. The molecule has 2 aromatic carbocycles. The van der Waals surface area contributed by atoms with Crippen LogP contribution in [0, 0.1) is 0 Å². The van der Waals surface area contributed by atoms with E-state index in [9.17, 15) is 0 Å². The van der Waals surface area contributed by atoms with Gasteiger partial charge in [0.05, 0.1) is 19.7 Å². The Kier molecular flexibility index (Phi) is 6.23. The highest BCUT2D eigenvalue weighted by Gasteiger charge is 2.13. The van der Waals surface area contributed by atoms with E-state index in [1.807, 2.05) is 26.0 Å². The number of nitrogens with zero attached hydrogens (tertiary/aromatic N) is 2. The number of ether oxygens (including phenoxy) is 2. The molecule has 0 N–H and O–H groups in total. The Morgan fingerprint density at radius 3 is 2.00 bits per heavy atom. The van der Waals surface area contributed by atoms with Crippen LogP contribution in [0.15, 0.2) is 36.4 Å². The maximum absolute atomic E-state index is 6.29. The lowest BCUT2D eigenvalue weighted by Crippen LogP contribution is -1.95. The van der Waals surface area contributed by atoms with Crippen LogP contribution in [-0.4, -0.2) is 24.2 Å². The Balaban J connectivity index is 0.00000100. The molecule has 0 saturated heterocycles. The van der Waals surface area contributed by atoms with Crippen molar-refractivity contribution in [1.29, 1.82) is 0 Å². The Morgan fingerprint density at radius 1 is 0.833 bits per heavy atom. The zero-order valence-electron chi connectivity index (χ0n) is 13.9. The van der Waals surface area contributed by atoms with Gasteiger partial charge in [-0.05, 0) is 30.3 Å². The third kappa shape index (κ3) is 3.71. The molecule has 0 aliphatic carbocycles. The Morgan fingerprint density at radius 2 is 1.42 bits per heavy atom. The molecule has 0 atom stereocenters. The van der Waals surface area contributed by atoms with Crippen LogP contribution in [-0.2, 0) is 0 Å². The molecule has 0 aliphatic rings. The minimum absolute atomic E-state index is 0.357. The highest BCUT2D eigenvalue weighted by atomic mass is 35.5. The molecule has 0 amide bonds. The average molecular weight is 365 g/mol. The van der Waals surface area contributed by atoms with E-state index in [2.05, 4.69) is 9.97 Å². The van der Waals surface area contributed by atoms with Crippen molar-refractivity contribution in [3.8, 4) is 22.9 Å². The number of aromatic nitrogens is 2. The molecule has 1 aromatic heterocycles. The monoisotopic (exact) mass is 364 g/mol. The molecule has 0 radical (unpaired) electrons. The SMILES string of the molecule is CC.COc1cc2nc(-c3ccc(Cl)cc3)nc(Cl)c2cc1OC. The van der Waals surface area contributed by atoms with Gasteiger partial charge in [0.15, 0.2) is 17.3 Å². The first-order chi connectivity index (χ1) is 11.6. The molecule has 1 heterocycles. The van der Waals surface area contributed by atoms with E-state index < -0.39 is 0 Å². The van der Waals surface area contributed by atoms with Gasteiger partial charge in [-0.2, -0.15) is 0 Å². The second kappa shape index (κ2) is 8.18. The first-order valence-corrected chi connectivity index (χ1v) is 8.23. The van der Waals surface area contributed by atoms with Crippen LogP contribution in [0.1, 0.15) is 13.8 Å². The summed E-state index contributed by atoms with van der Waals surface area (Å²) in [4.78, 5) is 8.89. The molecule has 6 heteroatoms. The molecule has 0 aliphatic heterocycles. The lowest BCUT2D eigenvalue weighted by atomic mass is 10.2. The van der Waals surface area contributed by atoms with Gasteiger partial charge < -0.3 is 9.47 Å². The molecule has 0 saturated carbocycles. The summed E-state index contributed by atoms with van der Waals surface area (Å²) in [5, 5.41) is 1.72. The van der Waals surface area contributed by atoms with Crippen LogP contribution in [0.5, 0.6) is 11.5 Å². The minimum atomic E-state index is 0.357. The van der Waals surface area contributed by atoms with Gasteiger partial charge in [-0.25, -0.2) is 9.97 Å². The van der Waals surface area contributed by atoms with Crippen LogP contribution in [0.25, 0.3) is 22.3 Å². The molecule has 4 nitrogen and oxygen atoms in total. The molecule has 126 valence electrons. The molecular weight excluding hydrogens is 347 g/mol. The maximum atomic E-state index is 6.29. The molecule has 0 spiro atoms. The summed E-state index contributed by atoms with van der Waals surface area (Å²) < 4.78 is 10.6. The Hall–Kier alpha value is -2.04. The third-order valence-corrected chi connectivity index (χ3v) is 3.80. The van der Waals surface area contributed by atoms with E-state index in [0.717, 1.165) is 5.56 Å². The number of halogens is 2. The number of hydrogen-bond acceptors (Lipinski definition) is 4. The molecule has 0 bridgehead atoms. The number of rotatable bonds is 3. The highest BCUT2D eigenvalue weighted by Crippen LogP contribution is 2.35. The van der Waals surface area contributed by atoms with Crippen LogP contribution >= 0.6 is 23.2 Å². The van der Waals surface area contributed by atoms with Gasteiger partial charge >= 0.3 is 0 Å². The van der Waals surface area contributed by atoms with Gasteiger partial charge in [0.1, 0.15) is 5.15 Å². The second-order valence-electron chi connectivity index (χ2n) is 4.57. The summed E-state index contributed by atoms with van der Waals surface area (Å²) in [6.45, 7) is 4.00. The fourth-order valence-corrected chi connectivity index (χ4v) is 2.50. The predicted octanol–water partition coefficient (Wildman–Crippen LogP) is 5.65. The second-order valence-corrected chi connectivity index (χ2v) is 5.36. The van der Waals surface area contributed by atoms with Crippen molar-refractivity contribution in [3.05, 3.63) is 46.6 Å². The van der Waals surface area contributed by atoms with E-state index >= 15 is 0 Å². The number of benzene rings is 2. The van der Waals surface area contributed by atoms with Gasteiger partial charge in [0, 0.05) is 22.0 Å². The van der Waals surface area contributed by atoms with E-state index in [1.165, 1.54) is 0 Å². The number of hydrogen-bond donors (Lipinski definition) is 0. The maximum Gasteiger partial charge on any atom is 0.162 e. The number of methoxy groups -OCH3 is 2. The van der Waals surface area contributed by atoms with Crippen molar-refractivity contribution < 1.29 is 9.47 Å². The first-order valence-electron chi connectivity index (χ1n) is 7.47. The van der Waals surface area contributed by atoms with Crippen LogP contribution in [0.3, 0.4) is 0 Å². The van der Waals surface area contributed by atoms with Crippen molar-refractivity contribution in [1.82, 2.24) is 9.97 Å². The van der Waals surface area contributed by atoms with Crippen LogP contribution in [0.2, 0.25) is 10.2 Å². The molecule has 3 rings (SSSR count). The fraction of sp³-hybridized carbons (Fsp3) is 0.222. The van der Waals surface area contributed by atoms with Crippen LogP contribution < -0.4 is 9.47 Å². The van der Waals surface area contributed by atoms with Crippen LogP contribution in [0.4, 0.5) is 0 Å². The van der Waals surface area contributed by atoms with Crippen molar-refractivity contribution in [2.45, 2.75) is 13.8 Å². The summed E-state index contributed by atoms with van der Waals surface area (Å²) in [6.07, 6.45) is 0. The van der Waals surface area contributed by atoms with Gasteiger partial charge in [0.25, 0.3) is 0 Å². The van der Waals surface area contributed by atoms with E-state index in [1.54, 1.807) is 38.5 Å². The summed E-state index contributed by atoms with van der Waals surface area (Å²) in [5.41, 5.74) is 1.52. The van der Waals surface area contributed by atoms with Crippen molar-refractivity contribution in [2.75, 3.05) is 14.2 Å². The zero-order valence-corrected chi connectivity index (χ0v) is 15.4. The van der Waals surface area contributed by atoms with Crippen molar-refractivity contribution in [2.24, 2.45) is 0 Å². The molecular formula is C18H18Cl2N2O2. The first kappa shape index (κ1) is 18.3. The normalized spacial score (nSPS) is 10.1. The molecule has 0 unspecified atom stereocenters. The Labute approximate surface area is 151 Å². The third-order valence-electron chi connectivity index (χ3n) is 3.26. The predicted molar refractivity (Wildman–Crippen MR) is 99.4 cm³/mol. The quantitative estimate of drug-likeness (QED) is 0.563. The zero-order chi connectivity index (χ0) is 17.7. The van der Waals surface area contributed by atoms with Gasteiger partial charge in [-0.15, -0.1) is 0 Å². The summed E-state index contributed by atoms with van der Waals surface area (Å²) in [7, 11) is 3.15. The minimum Gasteiger partial charge on any atom is -0.493 e. The van der Waals surface area contributed by atoms with Gasteiger partial charge in [0.2, 0.25) is 0 Å². The van der Waals surface area contributed by atoms with Crippen molar-refractivity contribution in [3.63, 3.8) is 0 Å². The van der Waals surface area contributed by atoms with Crippen molar-refractivity contribution >= 4 is 34.1 Å². The molecule has 24 heavy (non-hydrogen) atoms. The largest absolute Gasteiger partial charge is 0.493 e. The number of fused-ring (bicyclic) bond motifs is 1. The molecule has 0 fully saturated rings. The Bertz CT molecular complexity index is 837. The van der Waals surface area contributed by atoms with Gasteiger partial charge in [-0.1, -0.05) is 37.0 Å². The standard InChI is InChI=1S/C16H12Cl2N2O2.C2H6/c1-21-13-7-11-12(8-14(13)22-2)19-16(20-15(11)18)9-3-5-10(17)6-4-9;1-2/h3-8H,1-2H3;1-2H3. The van der Waals surface area contributed by atoms with E-state index in [4.69, 9.17) is 32.7 Å². The smallest absolute Gasteiger partial charge is 0.162 e. The molecule has 3 aromatic rings. The van der Waals surface area contributed by atoms with Gasteiger partial charge in [-0.3, -0.25) is 0 Å². The highest BCUT2D eigenvalue weighted by molar-refractivity contribution is 6.34. The lowest BCUT2D eigenvalue weighted by molar-refractivity contribution is 0.356. The van der Waals surface area contributed by atoms with E-state index in [-0.39, 0.29) is 0 Å².